The number of aliphatic hydroxyl groups excluding tert-OH is 1. The van der Waals surface area contributed by atoms with E-state index in [9.17, 15) is 0 Å². The van der Waals surface area contributed by atoms with Crippen molar-refractivity contribution in [3.8, 4) is 11.1 Å². The molecule has 1 aromatic heterocycles. The zero-order chi connectivity index (χ0) is 9.80. The third kappa shape index (κ3) is 1.86. The van der Waals surface area contributed by atoms with Crippen molar-refractivity contribution in [2.24, 2.45) is 0 Å². The highest BCUT2D eigenvalue weighted by atomic mass is 16.3. The van der Waals surface area contributed by atoms with Crippen LogP contribution in [0.5, 0.6) is 0 Å². The number of rotatable bonds is 3. The second-order valence-corrected chi connectivity index (χ2v) is 3.23. The van der Waals surface area contributed by atoms with Crippen LogP contribution in [-0.4, -0.2) is 16.3 Å². The Morgan fingerprint density at radius 2 is 1.79 bits per heavy atom. The lowest BCUT2D eigenvalue weighted by atomic mass is 10.1. The molecule has 2 aromatic rings. The van der Waals surface area contributed by atoms with Crippen LogP contribution in [0, 0.1) is 0 Å². The van der Waals surface area contributed by atoms with E-state index in [1.807, 2.05) is 35.2 Å². The van der Waals surface area contributed by atoms with Gasteiger partial charge in [0.1, 0.15) is 0 Å². The first kappa shape index (κ1) is 9.03. The normalized spacial score (nSPS) is 10.4. The maximum atomic E-state index is 8.78. The molecule has 0 unspecified atom stereocenters. The molecule has 0 aliphatic carbocycles. The van der Waals surface area contributed by atoms with Crippen LogP contribution >= 0.6 is 0 Å². The molecule has 72 valence electrons. The molecule has 0 saturated carbocycles. The van der Waals surface area contributed by atoms with E-state index < -0.39 is 0 Å². The lowest BCUT2D eigenvalue weighted by Gasteiger charge is -1.98. The van der Waals surface area contributed by atoms with Crippen molar-refractivity contribution in [2.45, 2.75) is 6.54 Å². The summed E-state index contributed by atoms with van der Waals surface area (Å²) in [6.45, 7) is 0.843. The van der Waals surface area contributed by atoms with Crippen molar-refractivity contribution in [2.75, 3.05) is 6.61 Å². The van der Waals surface area contributed by atoms with E-state index in [1.54, 1.807) is 0 Å². The zero-order valence-corrected chi connectivity index (χ0v) is 7.93. The van der Waals surface area contributed by atoms with Crippen LogP contribution in [0.4, 0.5) is 0 Å². The third-order valence-corrected chi connectivity index (χ3v) is 2.22. The molecule has 2 nitrogen and oxygen atoms in total. The summed E-state index contributed by atoms with van der Waals surface area (Å²) in [7, 11) is 0. The van der Waals surface area contributed by atoms with Crippen LogP contribution < -0.4 is 0 Å². The summed E-state index contributed by atoms with van der Waals surface area (Å²) < 4.78 is 1.99. The fourth-order valence-electron chi connectivity index (χ4n) is 1.50. The molecule has 0 fully saturated rings. The molecule has 0 amide bonds. The first-order chi connectivity index (χ1) is 6.90. The van der Waals surface area contributed by atoms with Crippen LogP contribution in [0.15, 0.2) is 48.8 Å². The van der Waals surface area contributed by atoms with Crippen LogP contribution in [0.3, 0.4) is 0 Å². The molecule has 0 saturated heterocycles. The number of benzene rings is 1. The molecular weight excluding hydrogens is 174 g/mol. The Balaban J connectivity index is 2.25. The third-order valence-electron chi connectivity index (χ3n) is 2.22. The summed E-state index contributed by atoms with van der Waals surface area (Å²) in [5.74, 6) is 0. The minimum absolute atomic E-state index is 0.183. The fourth-order valence-corrected chi connectivity index (χ4v) is 1.50. The highest BCUT2D eigenvalue weighted by Crippen LogP contribution is 2.18. The van der Waals surface area contributed by atoms with Gasteiger partial charge in [-0.3, -0.25) is 0 Å². The average molecular weight is 187 g/mol. The van der Waals surface area contributed by atoms with Gasteiger partial charge in [-0.1, -0.05) is 30.3 Å². The van der Waals surface area contributed by atoms with Gasteiger partial charge in [-0.2, -0.15) is 0 Å². The lowest BCUT2D eigenvalue weighted by Crippen LogP contribution is -1.97. The Bertz CT molecular complexity index is 392. The number of hydrogen-bond acceptors (Lipinski definition) is 1. The second kappa shape index (κ2) is 4.11. The van der Waals surface area contributed by atoms with Crippen molar-refractivity contribution < 1.29 is 5.11 Å². The van der Waals surface area contributed by atoms with E-state index in [-0.39, 0.29) is 6.61 Å². The van der Waals surface area contributed by atoms with E-state index in [1.165, 1.54) is 11.1 Å². The molecule has 0 radical (unpaired) electrons. The summed E-state index contributed by atoms with van der Waals surface area (Å²) in [4.78, 5) is 0. The Morgan fingerprint density at radius 1 is 1.00 bits per heavy atom. The van der Waals surface area contributed by atoms with Crippen molar-refractivity contribution in [3.05, 3.63) is 48.8 Å². The molecule has 0 spiro atoms. The second-order valence-electron chi connectivity index (χ2n) is 3.23. The predicted molar refractivity (Wildman–Crippen MR) is 57.0 cm³/mol. The van der Waals surface area contributed by atoms with Crippen molar-refractivity contribution >= 4 is 0 Å². The molecule has 0 aliphatic rings. The first-order valence-corrected chi connectivity index (χ1v) is 4.72. The van der Waals surface area contributed by atoms with Crippen LogP contribution in [0.2, 0.25) is 0 Å². The summed E-state index contributed by atoms with van der Waals surface area (Å²) in [5.41, 5.74) is 2.41. The number of hydrogen-bond donors (Lipinski definition) is 1. The fraction of sp³-hybridized carbons (Fsp3) is 0.167. The first-order valence-electron chi connectivity index (χ1n) is 4.72. The Morgan fingerprint density at radius 3 is 2.50 bits per heavy atom. The van der Waals surface area contributed by atoms with Gasteiger partial charge in [-0.25, -0.2) is 0 Å². The quantitative estimate of drug-likeness (QED) is 0.782. The summed E-state index contributed by atoms with van der Waals surface area (Å²) in [6.07, 6.45) is 4.03. The topological polar surface area (TPSA) is 25.2 Å². The minimum atomic E-state index is 0.183. The Kier molecular flexibility index (Phi) is 2.65. The average Bonchev–Trinajstić information content (AvgIpc) is 2.68. The molecule has 1 N–H and O–H groups in total. The van der Waals surface area contributed by atoms with Gasteiger partial charge in [0, 0.05) is 18.9 Å². The van der Waals surface area contributed by atoms with E-state index in [0.29, 0.717) is 6.54 Å². The maximum absolute atomic E-state index is 8.78. The molecular formula is C12H13NO. The van der Waals surface area contributed by atoms with Gasteiger partial charge in [0.05, 0.1) is 6.61 Å². The van der Waals surface area contributed by atoms with Gasteiger partial charge in [0.15, 0.2) is 0 Å². The van der Waals surface area contributed by atoms with Gasteiger partial charge in [0.25, 0.3) is 0 Å². The lowest BCUT2D eigenvalue weighted by molar-refractivity contribution is 0.276. The van der Waals surface area contributed by atoms with Crippen molar-refractivity contribution in [1.82, 2.24) is 4.57 Å². The standard InChI is InChI=1S/C12H13NO/c14-9-8-13-7-6-12(10-13)11-4-2-1-3-5-11/h1-7,10,14H,8-9H2. The van der Waals surface area contributed by atoms with Gasteiger partial charge < -0.3 is 9.67 Å². The van der Waals surface area contributed by atoms with Crippen molar-refractivity contribution in [3.63, 3.8) is 0 Å². The molecule has 0 atom stereocenters. The molecule has 0 bridgehead atoms. The zero-order valence-electron chi connectivity index (χ0n) is 7.93. The van der Waals surface area contributed by atoms with Crippen LogP contribution in [-0.2, 0) is 6.54 Å². The molecule has 1 heterocycles. The molecule has 2 rings (SSSR count). The predicted octanol–water partition coefficient (Wildman–Crippen LogP) is 2.15. The summed E-state index contributed by atoms with van der Waals surface area (Å²) >= 11 is 0. The molecule has 14 heavy (non-hydrogen) atoms. The van der Waals surface area contributed by atoms with E-state index in [4.69, 9.17) is 5.11 Å². The van der Waals surface area contributed by atoms with Gasteiger partial charge in [-0.05, 0) is 17.2 Å². The van der Waals surface area contributed by atoms with Crippen molar-refractivity contribution in [1.29, 1.82) is 0 Å². The molecule has 2 heteroatoms. The van der Waals surface area contributed by atoms with E-state index >= 15 is 0 Å². The molecule has 1 aromatic carbocycles. The largest absolute Gasteiger partial charge is 0.395 e. The Labute approximate surface area is 83.4 Å². The van der Waals surface area contributed by atoms with Gasteiger partial charge in [-0.15, -0.1) is 0 Å². The maximum Gasteiger partial charge on any atom is 0.0610 e. The monoisotopic (exact) mass is 187 g/mol. The Hall–Kier alpha value is -1.54. The van der Waals surface area contributed by atoms with E-state index in [0.717, 1.165) is 0 Å². The number of nitrogens with zero attached hydrogens (tertiary/aromatic N) is 1. The summed E-state index contributed by atoms with van der Waals surface area (Å²) in [5, 5.41) is 8.78. The highest BCUT2D eigenvalue weighted by Gasteiger charge is 1.98. The number of aromatic nitrogens is 1. The molecule has 0 aliphatic heterocycles. The van der Waals surface area contributed by atoms with Gasteiger partial charge >= 0.3 is 0 Å². The minimum Gasteiger partial charge on any atom is -0.395 e. The highest BCUT2D eigenvalue weighted by molar-refractivity contribution is 5.62. The number of aliphatic hydroxyl groups is 1. The van der Waals surface area contributed by atoms with Gasteiger partial charge in [0.2, 0.25) is 0 Å². The SMILES string of the molecule is OCCn1ccc(-c2ccccc2)c1. The van der Waals surface area contributed by atoms with E-state index in [2.05, 4.69) is 18.2 Å². The smallest absolute Gasteiger partial charge is 0.0610 e. The summed E-state index contributed by atoms with van der Waals surface area (Å²) in [6, 6.07) is 12.3. The van der Waals surface area contributed by atoms with Crippen LogP contribution in [0.1, 0.15) is 0 Å². The van der Waals surface area contributed by atoms with Crippen LogP contribution in [0.25, 0.3) is 11.1 Å².